The van der Waals surface area contributed by atoms with Crippen molar-refractivity contribution in [3.8, 4) is 5.75 Å². The van der Waals surface area contributed by atoms with E-state index >= 15 is 0 Å². The number of benzene rings is 1. The predicted molar refractivity (Wildman–Crippen MR) is 78.9 cm³/mol. The molecular formula is C15H20FNOS. The van der Waals surface area contributed by atoms with Crippen molar-refractivity contribution in [1.82, 2.24) is 0 Å². The van der Waals surface area contributed by atoms with Gasteiger partial charge in [-0.3, -0.25) is 0 Å². The number of ether oxygens (including phenoxy) is 1. The Kier molecular flexibility index (Phi) is 4.40. The van der Waals surface area contributed by atoms with Crippen molar-refractivity contribution in [2.24, 2.45) is 17.6 Å². The van der Waals surface area contributed by atoms with Crippen LogP contribution in [0.2, 0.25) is 0 Å². The molecule has 19 heavy (non-hydrogen) atoms. The molecule has 2 unspecified atom stereocenters. The zero-order valence-corrected chi connectivity index (χ0v) is 12.2. The Balaban J connectivity index is 2.08. The van der Waals surface area contributed by atoms with Crippen LogP contribution >= 0.6 is 12.2 Å². The summed E-state index contributed by atoms with van der Waals surface area (Å²) in [4.78, 5) is 0.199. The Hall–Kier alpha value is -1.16. The highest BCUT2D eigenvalue weighted by atomic mass is 32.1. The summed E-state index contributed by atoms with van der Waals surface area (Å²) in [5.74, 6) is 1.17. The van der Waals surface area contributed by atoms with Crippen LogP contribution in [0.25, 0.3) is 0 Å². The van der Waals surface area contributed by atoms with Crippen LogP contribution in [0.4, 0.5) is 4.39 Å². The number of hydrogen-bond donors (Lipinski definition) is 1. The standard InChI is InChI=1S/C15H20FNOS/c1-9-5-10(2)7-12(6-9)18-14-4-3-11(15(17)19)8-13(14)16/h3-4,8-10,12H,5-7H2,1-2H3,(H2,17,19). The third-order valence-corrected chi connectivity index (χ3v) is 3.88. The molecule has 0 spiro atoms. The first-order valence-corrected chi connectivity index (χ1v) is 7.12. The molecule has 1 aromatic carbocycles. The van der Waals surface area contributed by atoms with Gasteiger partial charge in [-0.1, -0.05) is 26.1 Å². The first kappa shape index (κ1) is 14.3. The van der Waals surface area contributed by atoms with Crippen LogP contribution in [0.1, 0.15) is 38.7 Å². The Bertz CT molecular complexity index is 467. The number of halogens is 1. The molecule has 1 aliphatic carbocycles. The quantitative estimate of drug-likeness (QED) is 0.859. The Morgan fingerprint density at radius 2 is 1.89 bits per heavy atom. The van der Waals surface area contributed by atoms with Crippen molar-refractivity contribution in [3.63, 3.8) is 0 Å². The molecule has 104 valence electrons. The maximum Gasteiger partial charge on any atom is 0.165 e. The Labute approximate surface area is 119 Å². The third kappa shape index (κ3) is 3.66. The zero-order chi connectivity index (χ0) is 14.0. The van der Waals surface area contributed by atoms with E-state index in [0.29, 0.717) is 23.1 Å². The van der Waals surface area contributed by atoms with Gasteiger partial charge in [0, 0.05) is 5.56 Å². The number of nitrogens with two attached hydrogens (primary N) is 1. The van der Waals surface area contributed by atoms with E-state index in [-0.39, 0.29) is 11.1 Å². The van der Waals surface area contributed by atoms with E-state index in [2.05, 4.69) is 13.8 Å². The van der Waals surface area contributed by atoms with Crippen LogP contribution in [-0.4, -0.2) is 11.1 Å². The SMILES string of the molecule is CC1CC(C)CC(Oc2ccc(C(N)=S)cc2F)C1. The molecule has 2 N–H and O–H groups in total. The van der Waals surface area contributed by atoms with Gasteiger partial charge in [-0.05, 0) is 49.3 Å². The summed E-state index contributed by atoms with van der Waals surface area (Å²) in [7, 11) is 0. The topological polar surface area (TPSA) is 35.2 Å². The van der Waals surface area contributed by atoms with Gasteiger partial charge in [0.05, 0.1) is 6.10 Å². The summed E-state index contributed by atoms with van der Waals surface area (Å²) in [6.07, 6.45) is 3.30. The Morgan fingerprint density at radius 3 is 2.42 bits per heavy atom. The van der Waals surface area contributed by atoms with Gasteiger partial charge in [0.1, 0.15) is 4.99 Å². The molecule has 0 saturated heterocycles. The molecular weight excluding hydrogens is 261 g/mol. The lowest BCUT2D eigenvalue weighted by Crippen LogP contribution is -2.28. The fraction of sp³-hybridized carbons (Fsp3) is 0.533. The van der Waals surface area contributed by atoms with Gasteiger partial charge in [-0.25, -0.2) is 4.39 Å². The van der Waals surface area contributed by atoms with Crippen LogP contribution in [0, 0.1) is 17.7 Å². The van der Waals surface area contributed by atoms with E-state index < -0.39 is 5.82 Å². The maximum atomic E-state index is 13.9. The van der Waals surface area contributed by atoms with Crippen molar-refractivity contribution in [1.29, 1.82) is 0 Å². The van der Waals surface area contributed by atoms with Crippen molar-refractivity contribution >= 4 is 17.2 Å². The van der Waals surface area contributed by atoms with E-state index in [9.17, 15) is 4.39 Å². The van der Waals surface area contributed by atoms with Gasteiger partial charge in [0.2, 0.25) is 0 Å². The molecule has 0 amide bonds. The van der Waals surface area contributed by atoms with Gasteiger partial charge >= 0.3 is 0 Å². The molecule has 2 nitrogen and oxygen atoms in total. The molecule has 4 heteroatoms. The van der Waals surface area contributed by atoms with Crippen molar-refractivity contribution in [3.05, 3.63) is 29.6 Å². The second kappa shape index (κ2) is 5.87. The first-order valence-electron chi connectivity index (χ1n) is 6.71. The average molecular weight is 281 g/mol. The summed E-state index contributed by atoms with van der Waals surface area (Å²) in [6, 6.07) is 4.66. The molecule has 1 saturated carbocycles. The first-order chi connectivity index (χ1) is 8.95. The van der Waals surface area contributed by atoms with Crippen LogP contribution in [0.3, 0.4) is 0 Å². The van der Waals surface area contributed by atoms with E-state index in [1.165, 1.54) is 12.5 Å². The number of hydrogen-bond acceptors (Lipinski definition) is 2. The minimum absolute atomic E-state index is 0.101. The summed E-state index contributed by atoms with van der Waals surface area (Å²) in [5, 5.41) is 0. The minimum atomic E-state index is -0.392. The highest BCUT2D eigenvalue weighted by molar-refractivity contribution is 7.80. The number of thiocarbonyl (C=S) groups is 1. The second-order valence-electron chi connectivity index (χ2n) is 5.67. The van der Waals surface area contributed by atoms with E-state index in [0.717, 1.165) is 12.8 Å². The van der Waals surface area contributed by atoms with Gasteiger partial charge in [-0.15, -0.1) is 0 Å². The average Bonchev–Trinajstić information content (AvgIpc) is 2.30. The fourth-order valence-corrected chi connectivity index (χ4v) is 3.03. The molecule has 1 fully saturated rings. The van der Waals surface area contributed by atoms with Gasteiger partial charge in [0.25, 0.3) is 0 Å². The lowest BCUT2D eigenvalue weighted by Gasteiger charge is -2.31. The molecule has 1 aliphatic rings. The lowest BCUT2D eigenvalue weighted by molar-refractivity contribution is 0.0970. The lowest BCUT2D eigenvalue weighted by atomic mass is 9.82. The van der Waals surface area contributed by atoms with Gasteiger partial charge < -0.3 is 10.5 Å². The molecule has 0 bridgehead atoms. The summed E-state index contributed by atoms with van der Waals surface area (Å²) in [5.41, 5.74) is 6.01. The van der Waals surface area contributed by atoms with Crippen LogP contribution in [0.15, 0.2) is 18.2 Å². The van der Waals surface area contributed by atoms with Crippen LogP contribution in [-0.2, 0) is 0 Å². The molecule has 2 rings (SSSR count). The van der Waals surface area contributed by atoms with E-state index in [1.54, 1.807) is 12.1 Å². The molecule has 1 aromatic rings. The van der Waals surface area contributed by atoms with Crippen LogP contribution < -0.4 is 10.5 Å². The minimum Gasteiger partial charge on any atom is -0.487 e. The Morgan fingerprint density at radius 1 is 1.26 bits per heavy atom. The van der Waals surface area contributed by atoms with Crippen LogP contribution in [0.5, 0.6) is 5.75 Å². The van der Waals surface area contributed by atoms with E-state index in [4.69, 9.17) is 22.7 Å². The molecule has 0 aliphatic heterocycles. The third-order valence-electron chi connectivity index (χ3n) is 3.65. The second-order valence-corrected chi connectivity index (χ2v) is 6.11. The summed E-state index contributed by atoms with van der Waals surface area (Å²) < 4.78 is 19.7. The smallest absolute Gasteiger partial charge is 0.165 e. The van der Waals surface area contributed by atoms with Gasteiger partial charge in [-0.2, -0.15) is 0 Å². The molecule has 2 atom stereocenters. The summed E-state index contributed by atoms with van der Waals surface area (Å²) >= 11 is 4.83. The molecule has 0 aromatic heterocycles. The van der Waals surface area contributed by atoms with E-state index in [1.807, 2.05) is 0 Å². The normalized spacial score (nSPS) is 27.0. The highest BCUT2D eigenvalue weighted by Gasteiger charge is 2.25. The molecule has 0 radical (unpaired) electrons. The maximum absolute atomic E-state index is 13.9. The number of rotatable bonds is 3. The van der Waals surface area contributed by atoms with Crippen molar-refractivity contribution in [2.75, 3.05) is 0 Å². The fourth-order valence-electron chi connectivity index (χ4n) is 2.90. The predicted octanol–water partition coefficient (Wildman–Crippen LogP) is 3.66. The zero-order valence-electron chi connectivity index (χ0n) is 11.4. The summed E-state index contributed by atoms with van der Waals surface area (Å²) in [6.45, 7) is 4.44. The monoisotopic (exact) mass is 281 g/mol. The molecule has 0 heterocycles. The van der Waals surface area contributed by atoms with Crippen molar-refractivity contribution < 1.29 is 9.13 Å². The largest absolute Gasteiger partial charge is 0.487 e. The highest BCUT2D eigenvalue weighted by Crippen LogP contribution is 2.32. The van der Waals surface area contributed by atoms with Crippen molar-refractivity contribution in [2.45, 2.75) is 39.2 Å². The van der Waals surface area contributed by atoms with Gasteiger partial charge in [0.15, 0.2) is 11.6 Å².